The Morgan fingerprint density at radius 1 is 1.38 bits per heavy atom. The molecule has 0 atom stereocenters. The Kier molecular flexibility index (Phi) is 3.28. The van der Waals surface area contributed by atoms with E-state index in [-0.39, 0.29) is 11.5 Å². The van der Waals surface area contributed by atoms with Gasteiger partial charge in [0.15, 0.2) is 0 Å². The smallest absolute Gasteiger partial charge is 0.204 e. The summed E-state index contributed by atoms with van der Waals surface area (Å²) in [5.74, 6) is 0.610. The van der Waals surface area contributed by atoms with E-state index in [2.05, 4.69) is 13.8 Å². The number of nitrogens with zero attached hydrogens (tertiary/aromatic N) is 1. The molecule has 0 spiro atoms. The van der Waals surface area contributed by atoms with E-state index in [1.807, 2.05) is 0 Å². The second-order valence-electron chi connectivity index (χ2n) is 4.95. The van der Waals surface area contributed by atoms with Crippen molar-refractivity contribution in [2.24, 2.45) is 11.3 Å². The largest absolute Gasteiger partial charge is 0.265 e. The van der Waals surface area contributed by atoms with E-state index in [0.717, 1.165) is 6.42 Å². The van der Waals surface area contributed by atoms with Crippen molar-refractivity contribution >= 4 is 0 Å². The van der Waals surface area contributed by atoms with Gasteiger partial charge in [0.2, 0.25) is 6.54 Å². The standard InChI is InChI=1S/C10H19NO2/c1-10(2)6-3-9(4-7-10)5-8-11(12)13/h9H,3-8H2,1-2H3. The second-order valence-corrected chi connectivity index (χ2v) is 4.95. The summed E-state index contributed by atoms with van der Waals surface area (Å²) in [7, 11) is 0. The van der Waals surface area contributed by atoms with Crippen LogP contribution in [0.5, 0.6) is 0 Å². The van der Waals surface area contributed by atoms with Gasteiger partial charge in [-0.25, -0.2) is 0 Å². The first-order valence-electron chi connectivity index (χ1n) is 5.11. The second kappa shape index (κ2) is 4.07. The quantitative estimate of drug-likeness (QED) is 0.501. The van der Waals surface area contributed by atoms with E-state index in [9.17, 15) is 10.1 Å². The fraction of sp³-hybridized carbons (Fsp3) is 1.00. The van der Waals surface area contributed by atoms with E-state index < -0.39 is 0 Å². The van der Waals surface area contributed by atoms with Gasteiger partial charge >= 0.3 is 0 Å². The molecule has 0 aromatic heterocycles. The van der Waals surface area contributed by atoms with Crippen molar-refractivity contribution in [2.75, 3.05) is 6.54 Å². The van der Waals surface area contributed by atoms with Crippen molar-refractivity contribution < 1.29 is 4.92 Å². The fourth-order valence-electron chi connectivity index (χ4n) is 2.04. The molecule has 0 N–H and O–H groups in total. The molecule has 3 heteroatoms. The zero-order valence-electron chi connectivity index (χ0n) is 8.58. The van der Waals surface area contributed by atoms with Crippen molar-refractivity contribution in [3.63, 3.8) is 0 Å². The number of hydrogen-bond donors (Lipinski definition) is 0. The van der Waals surface area contributed by atoms with Crippen LogP contribution in [0.4, 0.5) is 0 Å². The summed E-state index contributed by atoms with van der Waals surface area (Å²) >= 11 is 0. The van der Waals surface area contributed by atoms with Crippen LogP contribution in [0.1, 0.15) is 46.0 Å². The Balaban J connectivity index is 2.21. The highest BCUT2D eigenvalue weighted by molar-refractivity contribution is 4.78. The van der Waals surface area contributed by atoms with Gasteiger partial charge < -0.3 is 0 Å². The van der Waals surface area contributed by atoms with Crippen LogP contribution in [0.25, 0.3) is 0 Å². The summed E-state index contributed by atoms with van der Waals surface area (Å²) in [5.41, 5.74) is 0.477. The molecule has 0 unspecified atom stereocenters. The Morgan fingerprint density at radius 3 is 2.38 bits per heavy atom. The Bertz CT molecular complexity index is 179. The lowest BCUT2D eigenvalue weighted by molar-refractivity contribution is -0.481. The molecule has 0 bridgehead atoms. The van der Waals surface area contributed by atoms with Crippen LogP contribution >= 0.6 is 0 Å². The number of nitro groups is 1. The normalized spacial score (nSPS) is 22.9. The van der Waals surface area contributed by atoms with Gasteiger partial charge in [-0.2, -0.15) is 0 Å². The maximum absolute atomic E-state index is 10.2. The maximum atomic E-state index is 10.2. The molecule has 13 heavy (non-hydrogen) atoms. The highest BCUT2D eigenvalue weighted by Crippen LogP contribution is 2.38. The van der Waals surface area contributed by atoms with Gasteiger partial charge in [0.05, 0.1) is 0 Å². The van der Waals surface area contributed by atoms with Gasteiger partial charge in [-0.05, 0) is 37.0 Å². The molecule has 1 aliphatic rings. The predicted molar refractivity (Wildman–Crippen MR) is 52.2 cm³/mol. The zero-order valence-corrected chi connectivity index (χ0v) is 8.58. The monoisotopic (exact) mass is 185 g/mol. The van der Waals surface area contributed by atoms with Crippen LogP contribution in [0, 0.1) is 21.4 Å². The molecule has 76 valence electrons. The predicted octanol–water partition coefficient (Wildman–Crippen LogP) is 2.87. The lowest BCUT2D eigenvalue weighted by Gasteiger charge is -2.33. The first-order chi connectivity index (χ1) is 5.99. The van der Waals surface area contributed by atoms with Crippen LogP contribution in [-0.4, -0.2) is 11.5 Å². The van der Waals surface area contributed by atoms with Gasteiger partial charge in [0.1, 0.15) is 0 Å². The SMILES string of the molecule is CC1(C)CCC(CC[N+](=O)[O-])CC1. The summed E-state index contributed by atoms with van der Waals surface area (Å²) in [4.78, 5) is 9.98. The van der Waals surface area contributed by atoms with Crippen LogP contribution < -0.4 is 0 Å². The van der Waals surface area contributed by atoms with Crippen LogP contribution in [0.3, 0.4) is 0 Å². The average Bonchev–Trinajstić information content (AvgIpc) is 2.02. The Labute approximate surface area is 79.7 Å². The molecule has 1 aliphatic carbocycles. The third kappa shape index (κ3) is 3.75. The van der Waals surface area contributed by atoms with Crippen molar-refractivity contribution in [1.29, 1.82) is 0 Å². The summed E-state index contributed by atoms with van der Waals surface area (Å²) in [5, 5.41) is 10.2. The van der Waals surface area contributed by atoms with E-state index in [0.29, 0.717) is 11.3 Å². The van der Waals surface area contributed by atoms with Gasteiger partial charge in [0.25, 0.3) is 0 Å². The number of hydrogen-bond acceptors (Lipinski definition) is 2. The molecule has 0 aromatic carbocycles. The summed E-state index contributed by atoms with van der Waals surface area (Å²) in [6, 6.07) is 0. The lowest BCUT2D eigenvalue weighted by Crippen LogP contribution is -2.22. The van der Waals surface area contributed by atoms with E-state index in [1.165, 1.54) is 25.7 Å². The maximum Gasteiger partial charge on any atom is 0.204 e. The molecule has 3 nitrogen and oxygen atoms in total. The third-order valence-corrected chi connectivity index (χ3v) is 3.18. The molecule has 0 aromatic rings. The Hall–Kier alpha value is -0.600. The molecule has 1 fully saturated rings. The third-order valence-electron chi connectivity index (χ3n) is 3.18. The van der Waals surface area contributed by atoms with E-state index in [1.54, 1.807) is 0 Å². The topological polar surface area (TPSA) is 43.1 Å². The first-order valence-corrected chi connectivity index (χ1v) is 5.11. The van der Waals surface area contributed by atoms with Gasteiger partial charge in [-0.3, -0.25) is 10.1 Å². The summed E-state index contributed by atoms with van der Waals surface area (Å²) < 4.78 is 0. The highest BCUT2D eigenvalue weighted by atomic mass is 16.6. The lowest BCUT2D eigenvalue weighted by atomic mass is 9.72. The molecular formula is C10H19NO2. The minimum atomic E-state index is -0.195. The van der Waals surface area contributed by atoms with Gasteiger partial charge in [-0.1, -0.05) is 13.8 Å². The van der Waals surface area contributed by atoms with Crippen molar-refractivity contribution in [2.45, 2.75) is 46.0 Å². The summed E-state index contributed by atoms with van der Waals surface area (Å²) in [6.45, 7) is 4.73. The molecule has 0 amide bonds. The van der Waals surface area contributed by atoms with Crippen LogP contribution in [0.2, 0.25) is 0 Å². The molecule has 0 saturated heterocycles. The minimum absolute atomic E-state index is 0.158. The van der Waals surface area contributed by atoms with Gasteiger partial charge in [0, 0.05) is 11.3 Å². The minimum Gasteiger partial charge on any atom is -0.265 e. The zero-order chi connectivity index (χ0) is 9.90. The number of rotatable bonds is 3. The van der Waals surface area contributed by atoms with Crippen LogP contribution in [-0.2, 0) is 0 Å². The van der Waals surface area contributed by atoms with Crippen molar-refractivity contribution in [3.05, 3.63) is 10.1 Å². The van der Waals surface area contributed by atoms with Crippen molar-refractivity contribution in [3.8, 4) is 0 Å². The molecule has 0 radical (unpaired) electrons. The van der Waals surface area contributed by atoms with Gasteiger partial charge in [-0.15, -0.1) is 0 Å². The molecule has 0 heterocycles. The molecule has 1 rings (SSSR count). The van der Waals surface area contributed by atoms with Crippen LogP contribution in [0.15, 0.2) is 0 Å². The molecule has 1 saturated carbocycles. The highest BCUT2D eigenvalue weighted by Gasteiger charge is 2.27. The molecular weight excluding hydrogens is 166 g/mol. The average molecular weight is 185 g/mol. The summed E-state index contributed by atoms with van der Waals surface area (Å²) in [6.07, 6.45) is 5.61. The van der Waals surface area contributed by atoms with E-state index >= 15 is 0 Å². The fourth-order valence-corrected chi connectivity index (χ4v) is 2.04. The molecule has 0 aliphatic heterocycles. The Morgan fingerprint density at radius 2 is 1.92 bits per heavy atom. The first kappa shape index (κ1) is 10.5. The van der Waals surface area contributed by atoms with Crippen molar-refractivity contribution in [1.82, 2.24) is 0 Å². The van der Waals surface area contributed by atoms with E-state index in [4.69, 9.17) is 0 Å².